The molecule has 1 heterocycles. The largest absolute Gasteiger partial charge is 0.376 e. The molecule has 0 spiro atoms. The first-order valence-corrected chi connectivity index (χ1v) is 8.41. The highest BCUT2D eigenvalue weighted by Gasteiger charge is 2.19. The monoisotopic (exact) mass is 325 g/mol. The van der Waals surface area contributed by atoms with Gasteiger partial charge in [-0.15, -0.1) is 0 Å². The molecule has 0 bridgehead atoms. The Kier molecular flexibility index (Phi) is 5.99. The Labute approximate surface area is 143 Å². The van der Waals surface area contributed by atoms with Crippen LogP contribution in [-0.4, -0.2) is 31.8 Å². The Hall–Kier alpha value is -2.17. The summed E-state index contributed by atoms with van der Waals surface area (Å²) in [6.45, 7) is 1.89. The first kappa shape index (κ1) is 16.7. The number of anilines is 1. The molecule has 0 N–H and O–H groups in total. The Morgan fingerprint density at radius 1 is 1.08 bits per heavy atom. The van der Waals surface area contributed by atoms with Crippen LogP contribution in [-0.2, 0) is 20.8 Å². The second kappa shape index (κ2) is 8.62. The average molecular weight is 325 g/mol. The zero-order valence-electron chi connectivity index (χ0n) is 13.8. The van der Waals surface area contributed by atoms with Gasteiger partial charge in [0.15, 0.2) is 0 Å². The molecule has 4 nitrogen and oxygen atoms in total. The number of ether oxygens (including phenoxy) is 2. The fourth-order valence-electron chi connectivity index (χ4n) is 2.83. The van der Waals surface area contributed by atoms with Crippen molar-refractivity contribution in [3.05, 3.63) is 66.2 Å². The number of carbonyl (C=O) groups is 1. The molecule has 0 radical (unpaired) electrons. The molecule has 2 aromatic carbocycles. The smallest absolute Gasteiger partial charge is 0.253 e. The highest BCUT2D eigenvalue weighted by Crippen LogP contribution is 2.18. The number of para-hydroxylation sites is 1. The van der Waals surface area contributed by atoms with Crippen molar-refractivity contribution in [2.24, 2.45) is 0 Å². The van der Waals surface area contributed by atoms with E-state index in [1.54, 1.807) is 4.90 Å². The van der Waals surface area contributed by atoms with Gasteiger partial charge in [-0.3, -0.25) is 4.79 Å². The van der Waals surface area contributed by atoms with Crippen LogP contribution in [0.25, 0.3) is 0 Å². The summed E-state index contributed by atoms with van der Waals surface area (Å²) in [4.78, 5) is 14.5. The van der Waals surface area contributed by atoms with E-state index in [-0.39, 0.29) is 18.6 Å². The normalized spacial score (nSPS) is 16.9. The third kappa shape index (κ3) is 4.66. The predicted octanol–water partition coefficient (Wildman–Crippen LogP) is 3.42. The number of hydrogen-bond donors (Lipinski definition) is 0. The fraction of sp³-hybridized carbons (Fsp3) is 0.350. The quantitative estimate of drug-likeness (QED) is 0.783. The summed E-state index contributed by atoms with van der Waals surface area (Å²) in [6, 6.07) is 19.7. The summed E-state index contributed by atoms with van der Waals surface area (Å²) in [5.74, 6) is -0.0388. The van der Waals surface area contributed by atoms with Gasteiger partial charge >= 0.3 is 0 Å². The van der Waals surface area contributed by atoms with E-state index < -0.39 is 0 Å². The van der Waals surface area contributed by atoms with Gasteiger partial charge in [-0.05, 0) is 30.5 Å². The van der Waals surface area contributed by atoms with E-state index in [2.05, 4.69) is 0 Å². The average Bonchev–Trinajstić information content (AvgIpc) is 3.15. The number of amides is 1. The number of benzene rings is 2. The van der Waals surface area contributed by atoms with Crippen LogP contribution in [0.1, 0.15) is 18.4 Å². The predicted molar refractivity (Wildman–Crippen MR) is 93.9 cm³/mol. The summed E-state index contributed by atoms with van der Waals surface area (Å²) >= 11 is 0. The summed E-state index contributed by atoms with van der Waals surface area (Å²) in [5.41, 5.74) is 1.97. The van der Waals surface area contributed by atoms with E-state index in [0.29, 0.717) is 13.2 Å². The van der Waals surface area contributed by atoms with E-state index in [1.807, 2.05) is 60.7 Å². The van der Waals surface area contributed by atoms with Gasteiger partial charge in [0, 0.05) is 12.3 Å². The van der Waals surface area contributed by atoms with Crippen LogP contribution in [0.2, 0.25) is 0 Å². The van der Waals surface area contributed by atoms with E-state index >= 15 is 0 Å². The molecule has 1 saturated heterocycles. The second-order valence-electron chi connectivity index (χ2n) is 5.95. The molecule has 3 rings (SSSR count). The summed E-state index contributed by atoms with van der Waals surface area (Å²) in [6.07, 6.45) is 2.23. The van der Waals surface area contributed by atoms with Crippen molar-refractivity contribution in [2.45, 2.75) is 25.5 Å². The van der Waals surface area contributed by atoms with Crippen LogP contribution >= 0.6 is 0 Å². The van der Waals surface area contributed by atoms with Gasteiger partial charge in [0.25, 0.3) is 5.91 Å². The van der Waals surface area contributed by atoms with Gasteiger partial charge in [0.05, 0.1) is 19.3 Å². The third-order valence-electron chi connectivity index (χ3n) is 4.11. The highest BCUT2D eigenvalue weighted by atomic mass is 16.5. The molecule has 1 aliphatic rings. The Balaban J connectivity index is 1.63. The summed E-state index contributed by atoms with van der Waals surface area (Å²) < 4.78 is 11.1. The topological polar surface area (TPSA) is 38.8 Å². The zero-order chi connectivity index (χ0) is 16.6. The van der Waals surface area contributed by atoms with E-state index in [4.69, 9.17) is 9.47 Å². The Morgan fingerprint density at radius 2 is 1.79 bits per heavy atom. The molecule has 0 saturated carbocycles. The molecular weight excluding hydrogens is 302 g/mol. The minimum atomic E-state index is -0.0388. The van der Waals surface area contributed by atoms with Gasteiger partial charge in [-0.25, -0.2) is 0 Å². The fourth-order valence-corrected chi connectivity index (χ4v) is 2.83. The maximum Gasteiger partial charge on any atom is 0.253 e. The third-order valence-corrected chi connectivity index (χ3v) is 4.11. The lowest BCUT2D eigenvalue weighted by molar-refractivity contribution is -0.124. The molecule has 1 fully saturated rings. The van der Waals surface area contributed by atoms with Crippen molar-refractivity contribution in [1.82, 2.24) is 0 Å². The Morgan fingerprint density at radius 3 is 2.46 bits per heavy atom. The standard InChI is InChI=1S/C20H23NO3/c22-20(16-23-15-19-12-7-13-24-19)21(18-10-5-2-6-11-18)14-17-8-3-1-4-9-17/h1-6,8-11,19H,7,12-16H2. The van der Waals surface area contributed by atoms with Crippen LogP contribution in [0.3, 0.4) is 0 Å². The van der Waals surface area contributed by atoms with Crippen molar-refractivity contribution >= 4 is 11.6 Å². The van der Waals surface area contributed by atoms with Crippen LogP contribution in [0, 0.1) is 0 Å². The van der Waals surface area contributed by atoms with E-state index in [0.717, 1.165) is 30.7 Å². The van der Waals surface area contributed by atoms with Crippen molar-refractivity contribution in [2.75, 3.05) is 24.7 Å². The van der Waals surface area contributed by atoms with Gasteiger partial charge in [0.2, 0.25) is 0 Å². The van der Waals surface area contributed by atoms with Crippen molar-refractivity contribution < 1.29 is 14.3 Å². The highest BCUT2D eigenvalue weighted by molar-refractivity contribution is 5.94. The van der Waals surface area contributed by atoms with Crippen LogP contribution < -0.4 is 4.90 Å². The van der Waals surface area contributed by atoms with Crippen molar-refractivity contribution in [3.63, 3.8) is 0 Å². The van der Waals surface area contributed by atoms with Crippen molar-refractivity contribution in [1.29, 1.82) is 0 Å². The SMILES string of the molecule is O=C(COCC1CCCO1)N(Cc1ccccc1)c1ccccc1. The number of rotatable bonds is 7. The lowest BCUT2D eigenvalue weighted by atomic mass is 10.2. The van der Waals surface area contributed by atoms with Gasteiger partial charge in [-0.1, -0.05) is 48.5 Å². The first-order chi connectivity index (χ1) is 11.8. The minimum absolute atomic E-state index is 0.0388. The molecule has 4 heteroatoms. The lowest BCUT2D eigenvalue weighted by Crippen LogP contribution is -2.34. The van der Waals surface area contributed by atoms with Gasteiger partial charge in [0.1, 0.15) is 6.61 Å². The van der Waals surface area contributed by atoms with E-state index in [1.165, 1.54) is 0 Å². The minimum Gasteiger partial charge on any atom is -0.376 e. The van der Waals surface area contributed by atoms with E-state index in [9.17, 15) is 4.79 Å². The van der Waals surface area contributed by atoms with Crippen LogP contribution in [0.15, 0.2) is 60.7 Å². The molecule has 1 amide bonds. The molecule has 0 aromatic heterocycles. The van der Waals surface area contributed by atoms with Crippen molar-refractivity contribution in [3.8, 4) is 0 Å². The summed E-state index contributed by atoms with van der Waals surface area (Å²) in [7, 11) is 0. The molecule has 1 unspecified atom stereocenters. The van der Waals surface area contributed by atoms with Gasteiger partial charge < -0.3 is 14.4 Å². The van der Waals surface area contributed by atoms with Crippen LogP contribution in [0.5, 0.6) is 0 Å². The molecule has 0 aliphatic carbocycles. The molecule has 1 aliphatic heterocycles. The molecular formula is C20H23NO3. The first-order valence-electron chi connectivity index (χ1n) is 8.41. The molecule has 126 valence electrons. The maximum absolute atomic E-state index is 12.7. The van der Waals surface area contributed by atoms with Crippen LogP contribution in [0.4, 0.5) is 5.69 Å². The maximum atomic E-state index is 12.7. The number of hydrogen-bond acceptors (Lipinski definition) is 3. The molecule has 24 heavy (non-hydrogen) atoms. The number of nitrogens with zero attached hydrogens (tertiary/aromatic N) is 1. The lowest BCUT2D eigenvalue weighted by Gasteiger charge is -2.23. The second-order valence-corrected chi connectivity index (χ2v) is 5.95. The Bertz CT molecular complexity index is 624. The zero-order valence-corrected chi connectivity index (χ0v) is 13.8. The van der Waals surface area contributed by atoms with Gasteiger partial charge in [-0.2, -0.15) is 0 Å². The molecule has 2 aromatic rings. The number of carbonyl (C=O) groups excluding carboxylic acids is 1. The molecule has 1 atom stereocenters. The summed E-state index contributed by atoms with van der Waals surface area (Å²) in [5, 5.41) is 0.